The lowest BCUT2D eigenvalue weighted by molar-refractivity contribution is 0.0899. The molecule has 1 amide bonds. The summed E-state index contributed by atoms with van der Waals surface area (Å²) in [6, 6.07) is 10.8. The van der Waals surface area contributed by atoms with Gasteiger partial charge in [0.2, 0.25) is 0 Å². The van der Waals surface area contributed by atoms with Gasteiger partial charge in [0.1, 0.15) is 5.58 Å². The van der Waals surface area contributed by atoms with Gasteiger partial charge < -0.3 is 9.73 Å². The Hall–Kier alpha value is -1.96. The Kier molecular flexibility index (Phi) is 5.94. The minimum absolute atomic E-state index is 0.0448. The molecule has 4 rings (SSSR count). The Morgan fingerprint density at radius 3 is 2.79 bits per heavy atom. The molecule has 1 saturated heterocycles. The maximum absolute atomic E-state index is 12.7. The number of fused-ring (bicyclic) bond motifs is 1. The third-order valence-corrected chi connectivity index (χ3v) is 6.54. The first-order chi connectivity index (χ1) is 13.6. The van der Waals surface area contributed by atoms with E-state index in [4.69, 9.17) is 4.42 Å². The number of likely N-dealkylation sites (tertiary alicyclic amines) is 1. The molecule has 1 aromatic carbocycles. The molecular formula is C21H21BrN2O3S. The monoisotopic (exact) mass is 460 g/mol. The molecule has 3 heterocycles. The van der Waals surface area contributed by atoms with Crippen LogP contribution in [0.3, 0.4) is 0 Å². The number of piperidine rings is 1. The average molecular weight is 461 g/mol. The Balaban J connectivity index is 1.53. The summed E-state index contributed by atoms with van der Waals surface area (Å²) in [5, 5.41) is 5.49. The first-order valence-corrected chi connectivity index (χ1v) is 11.1. The zero-order chi connectivity index (χ0) is 19.5. The Morgan fingerprint density at radius 1 is 1.21 bits per heavy atom. The summed E-state index contributed by atoms with van der Waals surface area (Å²) >= 11 is 5.05. The van der Waals surface area contributed by atoms with Crippen LogP contribution in [-0.4, -0.2) is 30.4 Å². The van der Waals surface area contributed by atoms with Gasteiger partial charge in [0.05, 0.1) is 11.4 Å². The van der Waals surface area contributed by atoms with Crippen molar-refractivity contribution in [3.63, 3.8) is 0 Å². The molecule has 1 atom stereocenters. The first-order valence-electron chi connectivity index (χ1n) is 9.41. The van der Waals surface area contributed by atoms with Gasteiger partial charge in [0, 0.05) is 22.0 Å². The van der Waals surface area contributed by atoms with Gasteiger partial charge >= 0.3 is 0 Å². The third kappa shape index (κ3) is 4.21. The number of benzene rings is 1. The fourth-order valence-electron chi connectivity index (χ4n) is 3.64. The topological polar surface area (TPSA) is 62.6 Å². The van der Waals surface area contributed by atoms with Crippen molar-refractivity contribution in [2.24, 2.45) is 0 Å². The van der Waals surface area contributed by atoms with Crippen molar-refractivity contribution in [1.29, 1.82) is 0 Å². The number of carbonyl (C=O) groups excluding carboxylic acids is 1. The summed E-state index contributed by atoms with van der Waals surface area (Å²) in [4.78, 5) is 28.7. The summed E-state index contributed by atoms with van der Waals surface area (Å²) in [6.45, 7) is 2.57. The highest BCUT2D eigenvalue weighted by Crippen LogP contribution is 2.27. The van der Waals surface area contributed by atoms with Crippen LogP contribution < -0.4 is 10.7 Å². The van der Waals surface area contributed by atoms with Crippen molar-refractivity contribution in [2.45, 2.75) is 25.3 Å². The predicted octanol–water partition coefficient (Wildman–Crippen LogP) is 4.57. The number of rotatable bonds is 5. The van der Waals surface area contributed by atoms with E-state index in [1.54, 1.807) is 29.5 Å². The number of hydrogen-bond donors (Lipinski definition) is 1. The number of halogens is 1. The molecule has 0 bridgehead atoms. The van der Waals surface area contributed by atoms with E-state index in [-0.39, 0.29) is 23.1 Å². The highest BCUT2D eigenvalue weighted by Gasteiger charge is 2.24. The fraction of sp³-hybridized carbons (Fsp3) is 0.333. The van der Waals surface area contributed by atoms with Crippen LogP contribution in [0, 0.1) is 0 Å². The number of hydrogen-bond acceptors (Lipinski definition) is 5. The van der Waals surface area contributed by atoms with Crippen LogP contribution in [-0.2, 0) is 0 Å². The normalized spacial score (nSPS) is 16.2. The molecule has 0 aliphatic carbocycles. The van der Waals surface area contributed by atoms with Crippen LogP contribution in [0.25, 0.3) is 11.0 Å². The summed E-state index contributed by atoms with van der Waals surface area (Å²) in [6.07, 6.45) is 3.63. The van der Waals surface area contributed by atoms with Crippen LogP contribution >= 0.6 is 27.3 Å². The van der Waals surface area contributed by atoms with Crippen molar-refractivity contribution >= 4 is 44.1 Å². The molecular weight excluding hydrogens is 440 g/mol. The number of nitrogens with one attached hydrogen (secondary N) is 1. The van der Waals surface area contributed by atoms with E-state index < -0.39 is 0 Å². The molecule has 1 N–H and O–H groups in total. The van der Waals surface area contributed by atoms with Gasteiger partial charge in [0.25, 0.3) is 5.91 Å². The van der Waals surface area contributed by atoms with Gasteiger partial charge in [-0.05, 0) is 55.6 Å². The van der Waals surface area contributed by atoms with Crippen molar-refractivity contribution in [2.75, 3.05) is 19.6 Å². The molecule has 1 fully saturated rings. The lowest BCUT2D eigenvalue weighted by atomic mass is 10.1. The highest BCUT2D eigenvalue weighted by atomic mass is 79.9. The van der Waals surface area contributed by atoms with Crippen molar-refractivity contribution < 1.29 is 9.21 Å². The Bertz CT molecular complexity index is 1030. The van der Waals surface area contributed by atoms with E-state index >= 15 is 0 Å². The molecule has 1 aliphatic rings. The fourth-order valence-corrected chi connectivity index (χ4v) is 4.86. The van der Waals surface area contributed by atoms with Gasteiger partial charge in [-0.2, -0.15) is 0 Å². The Labute approximate surface area is 175 Å². The number of thiophene rings is 1. The van der Waals surface area contributed by atoms with Crippen molar-refractivity contribution in [3.05, 3.63) is 67.1 Å². The minimum Gasteiger partial charge on any atom is -0.451 e. The Morgan fingerprint density at radius 2 is 2.04 bits per heavy atom. The molecule has 3 aromatic rings. The summed E-state index contributed by atoms with van der Waals surface area (Å²) in [5.41, 5.74) is 0.185. The van der Waals surface area contributed by atoms with Crippen molar-refractivity contribution in [1.82, 2.24) is 10.2 Å². The van der Waals surface area contributed by atoms with Crippen LogP contribution in [0.5, 0.6) is 0 Å². The minimum atomic E-state index is -0.361. The molecule has 0 unspecified atom stereocenters. The van der Waals surface area contributed by atoms with Crippen LogP contribution in [0.4, 0.5) is 0 Å². The molecule has 0 saturated carbocycles. The second-order valence-electron chi connectivity index (χ2n) is 6.95. The zero-order valence-corrected chi connectivity index (χ0v) is 17.7. The summed E-state index contributed by atoms with van der Waals surface area (Å²) < 4.78 is 6.48. The molecule has 0 radical (unpaired) electrons. The maximum atomic E-state index is 12.7. The highest BCUT2D eigenvalue weighted by molar-refractivity contribution is 9.10. The number of carbonyl (C=O) groups is 1. The molecule has 146 valence electrons. The predicted molar refractivity (Wildman–Crippen MR) is 115 cm³/mol. The van der Waals surface area contributed by atoms with Crippen LogP contribution in [0.1, 0.15) is 40.7 Å². The first kappa shape index (κ1) is 19.4. The van der Waals surface area contributed by atoms with E-state index in [2.05, 4.69) is 37.6 Å². The second kappa shape index (κ2) is 8.59. The van der Waals surface area contributed by atoms with Gasteiger partial charge in [-0.1, -0.05) is 28.4 Å². The molecule has 1 aliphatic heterocycles. The maximum Gasteiger partial charge on any atom is 0.287 e. The number of nitrogens with zero attached hydrogens (tertiary/aromatic N) is 1. The van der Waals surface area contributed by atoms with Gasteiger partial charge in [-0.3, -0.25) is 14.5 Å². The quantitative estimate of drug-likeness (QED) is 0.605. The van der Waals surface area contributed by atoms with Gasteiger partial charge in [0.15, 0.2) is 11.2 Å². The lowest BCUT2D eigenvalue weighted by Gasteiger charge is -2.34. The van der Waals surface area contributed by atoms with E-state index in [0.29, 0.717) is 17.5 Å². The lowest BCUT2D eigenvalue weighted by Crippen LogP contribution is -2.40. The zero-order valence-electron chi connectivity index (χ0n) is 15.3. The largest absolute Gasteiger partial charge is 0.451 e. The van der Waals surface area contributed by atoms with Crippen LogP contribution in [0.15, 0.2) is 55.5 Å². The smallest absolute Gasteiger partial charge is 0.287 e. The molecule has 28 heavy (non-hydrogen) atoms. The average Bonchev–Trinajstić information content (AvgIpc) is 3.24. The summed E-state index contributed by atoms with van der Waals surface area (Å²) in [5.74, 6) is -0.316. The van der Waals surface area contributed by atoms with E-state index in [0.717, 1.165) is 17.6 Å². The number of amides is 1. The van der Waals surface area contributed by atoms with Crippen LogP contribution in [0.2, 0.25) is 0 Å². The SMILES string of the molecule is O=C(NC[C@@H](c1cccs1)N1CCCCC1)c1cc(=O)c2cc(Br)ccc2o1. The molecule has 0 spiro atoms. The molecule has 5 nitrogen and oxygen atoms in total. The second-order valence-corrected chi connectivity index (χ2v) is 8.85. The third-order valence-electron chi connectivity index (χ3n) is 5.07. The standard InChI is InChI=1S/C21H21BrN2O3S/c22-14-6-7-18-15(11-14)17(25)12-19(27-18)21(26)23-13-16(20-5-4-10-28-20)24-8-2-1-3-9-24/h4-7,10-12,16H,1-3,8-9,13H2,(H,23,26)/t16-/m0/s1. The summed E-state index contributed by atoms with van der Waals surface area (Å²) in [7, 11) is 0. The van der Waals surface area contributed by atoms with Crippen molar-refractivity contribution in [3.8, 4) is 0 Å². The molecule has 7 heteroatoms. The van der Waals surface area contributed by atoms with Gasteiger partial charge in [-0.15, -0.1) is 11.3 Å². The van der Waals surface area contributed by atoms with E-state index in [1.807, 2.05) is 6.07 Å². The van der Waals surface area contributed by atoms with Gasteiger partial charge in [-0.25, -0.2) is 0 Å². The van der Waals surface area contributed by atoms with E-state index in [1.165, 1.54) is 30.2 Å². The molecule has 2 aromatic heterocycles. The van der Waals surface area contributed by atoms with E-state index in [9.17, 15) is 9.59 Å².